The molecule has 0 saturated carbocycles. The van der Waals surface area contributed by atoms with E-state index in [9.17, 15) is 19.5 Å². The maximum Gasteiger partial charge on any atom is 0.248 e. The van der Waals surface area contributed by atoms with Crippen LogP contribution in [0.25, 0.3) is 11.0 Å². The number of carbonyl (C=O) groups excluding carboxylic acids is 3. The summed E-state index contributed by atoms with van der Waals surface area (Å²) in [6.07, 6.45) is 4.65. The molecule has 4 heterocycles. The number of ether oxygens (including phenoxy) is 1. The molecular formula is C34H40N6O5S. The Labute approximate surface area is 272 Å². The Bertz CT molecular complexity index is 1640. The molecule has 242 valence electrons. The standard InChI is InChI=1S/C34H40N6O5S/c1-5-18-37(21-39-26-11-9-8-10-25(26)35-36-39)33(44)30-34-17-16-27(46-34)28(29(34)32(43)40(30)22(4)20-41)31(42)38(19-6-2)23-12-14-24(15-13-23)45-7-3/h5-6,8-15,22,27-30,41H,1-2,7,16-21H2,3-4H3/t22-,27-,28+,29+,30?,34?/m1/s1. The number of likely N-dealkylation sites (tertiary alicyclic amines) is 1. The number of anilines is 1. The highest BCUT2D eigenvalue weighted by Crippen LogP contribution is 2.67. The van der Waals surface area contributed by atoms with Crippen LogP contribution >= 0.6 is 11.8 Å². The van der Waals surface area contributed by atoms with Crippen molar-refractivity contribution < 1.29 is 24.2 Å². The number of rotatable bonds is 13. The predicted molar refractivity (Wildman–Crippen MR) is 177 cm³/mol. The first-order valence-corrected chi connectivity index (χ1v) is 16.6. The minimum absolute atomic E-state index is 0.111. The summed E-state index contributed by atoms with van der Waals surface area (Å²) in [5.74, 6) is -1.32. The number of para-hydroxylation sites is 1. The van der Waals surface area contributed by atoms with Gasteiger partial charge in [-0.25, -0.2) is 4.68 Å². The molecule has 46 heavy (non-hydrogen) atoms. The van der Waals surface area contributed by atoms with Crippen molar-refractivity contribution in [1.82, 2.24) is 24.8 Å². The molecule has 6 rings (SSSR count). The molecule has 2 unspecified atom stereocenters. The highest BCUT2D eigenvalue weighted by atomic mass is 32.2. The van der Waals surface area contributed by atoms with Gasteiger partial charge in [-0.2, -0.15) is 0 Å². The molecule has 3 aliphatic rings. The van der Waals surface area contributed by atoms with Gasteiger partial charge >= 0.3 is 0 Å². The van der Waals surface area contributed by atoms with Crippen molar-refractivity contribution >= 4 is 46.2 Å². The molecule has 0 aliphatic carbocycles. The second-order valence-corrected chi connectivity index (χ2v) is 13.7. The van der Waals surface area contributed by atoms with Gasteiger partial charge in [0, 0.05) is 24.0 Å². The van der Waals surface area contributed by atoms with E-state index in [1.54, 1.807) is 50.2 Å². The van der Waals surface area contributed by atoms with Crippen molar-refractivity contribution in [3.63, 3.8) is 0 Å². The summed E-state index contributed by atoms with van der Waals surface area (Å²) < 4.78 is 6.44. The summed E-state index contributed by atoms with van der Waals surface area (Å²) in [4.78, 5) is 48.6. The molecule has 2 bridgehead atoms. The Balaban J connectivity index is 1.35. The first-order chi connectivity index (χ1) is 22.3. The molecule has 0 radical (unpaired) electrons. The Morgan fingerprint density at radius 2 is 1.89 bits per heavy atom. The maximum absolute atomic E-state index is 14.7. The van der Waals surface area contributed by atoms with Crippen LogP contribution in [0.4, 0.5) is 5.69 Å². The van der Waals surface area contributed by atoms with Crippen molar-refractivity contribution in [2.24, 2.45) is 11.8 Å². The van der Waals surface area contributed by atoms with Crippen LogP contribution in [0, 0.1) is 11.8 Å². The fourth-order valence-corrected chi connectivity index (χ4v) is 9.66. The average molecular weight is 645 g/mol. The fraction of sp³-hybridized carbons (Fsp3) is 0.441. The summed E-state index contributed by atoms with van der Waals surface area (Å²) in [5, 5.41) is 18.7. The minimum Gasteiger partial charge on any atom is -0.494 e. The van der Waals surface area contributed by atoms with Crippen LogP contribution in [0.3, 0.4) is 0 Å². The van der Waals surface area contributed by atoms with Gasteiger partial charge in [0.2, 0.25) is 17.7 Å². The topological polar surface area (TPSA) is 121 Å². The van der Waals surface area contributed by atoms with E-state index in [4.69, 9.17) is 4.74 Å². The average Bonchev–Trinajstić information content (AvgIpc) is 3.82. The number of carbonyl (C=O) groups is 3. The van der Waals surface area contributed by atoms with E-state index in [0.29, 0.717) is 36.4 Å². The molecule has 1 N–H and O–H groups in total. The maximum atomic E-state index is 14.7. The van der Waals surface area contributed by atoms with Gasteiger partial charge in [0.05, 0.1) is 41.4 Å². The van der Waals surface area contributed by atoms with Gasteiger partial charge < -0.3 is 24.5 Å². The first kappa shape index (κ1) is 31.8. The van der Waals surface area contributed by atoms with E-state index in [-0.39, 0.29) is 49.3 Å². The van der Waals surface area contributed by atoms with E-state index >= 15 is 0 Å². The Morgan fingerprint density at radius 3 is 2.59 bits per heavy atom. The number of aliphatic hydroxyl groups excluding tert-OH is 1. The lowest BCUT2D eigenvalue weighted by Gasteiger charge is -2.39. The summed E-state index contributed by atoms with van der Waals surface area (Å²) in [6.45, 7) is 12.2. The fourth-order valence-electron chi connectivity index (χ4n) is 7.46. The number of thioether (sulfide) groups is 1. The molecule has 3 saturated heterocycles. The lowest BCUT2D eigenvalue weighted by atomic mass is 9.70. The zero-order chi connectivity index (χ0) is 32.6. The first-order valence-electron chi connectivity index (χ1n) is 15.7. The molecule has 3 fully saturated rings. The Kier molecular flexibility index (Phi) is 8.93. The second kappa shape index (κ2) is 12.9. The van der Waals surface area contributed by atoms with Crippen molar-refractivity contribution in [3.8, 4) is 5.75 Å². The van der Waals surface area contributed by atoms with Gasteiger partial charge in [-0.15, -0.1) is 30.0 Å². The molecule has 3 amide bonds. The number of hydrogen-bond acceptors (Lipinski definition) is 8. The van der Waals surface area contributed by atoms with E-state index in [2.05, 4.69) is 23.5 Å². The van der Waals surface area contributed by atoms with E-state index in [1.807, 2.05) is 55.5 Å². The molecular weight excluding hydrogens is 604 g/mol. The molecule has 6 atom stereocenters. The minimum atomic E-state index is -0.868. The Morgan fingerprint density at radius 1 is 1.15 bits per heavy atom. The van der Waals surface area contributed by atoms with Crippen molar-refractivity contribution in [3.05, 3.63) is 73.8 Å². The van der Waals surface area contributed by atoms with Gasteiger partial charge in [0.25, 0.3) is 0 Å². The third-order valence-electron chi connectivity index (χ3n) is 9.42. The number of fused-ring (bicyclic) bond motifs is 2. The van der Waals surface area contributed by atoms with Gasteiger partial charge in [0.15, 0.2) is 0 Å². The van der Waals surface area contributed by atoms with E-state index < -0.39 is 28.7 Å². The van der Waals surface area contributed by atoms with Gasteiger partial charge in [-0.3, -0.25) is 14.4 Å². The Hall–Kier alpha value is -4.16. The van der Waals surface area contributed by atoms with Crippen LogP contribution in [0.2, 0.25) is 0 Å². The monoisotopic (exact) mass is 644 g/mol. The van der Waals surface area contributed by atoms with Crippen LogP contribution in [-0.4, -0.2) is 96.0 Å². The molecule has 12 heteroatoms. The third-order valence-corrected chi connectivity index (χ3v) is 11.4. The smallest absolute Gasteiger partial charge is 0.248 e. The molecule has 1 spiro atoms. The molecule has 1 aromatic heterocycles. The summed E-state index contributed by atoms with van der Waals surface area (Å²) in [5.41, 5.74) is 2.18. The molecule has 3 aliphatic heterocycles. The number of benzene rings is 2. The summed E-state index contributed by atoms with van der Waals surface area (Å²) >= 11 is 1.60. The number of nitrogens with zero attached hydrogens (tertiary/aromatic N) is 6. The number of aromatic nitrogens is 3. The van der Waals surface area contributed by atoms with Crippen molar-refractivity contribution in [1.29, 1.82) is 0 Å². The normalized spacial score (nSPS) is 25.4. The van der Waals surface area contributed by atoms with Crippen LogP contribution in [0.1, 0.15) is 26.7 Å². The highest BCUT2D eigenvalue weighted by molar-refractivity contribution is 8.02. The van der Waals surface area contributed by atoms with Crippen LogP contribution in [0.5, 0.6) is 5.75 Å². The summed E-state index contributed by atoms with van der Waals surface area (Å²) in [7, 11) is 0. The van der Waals surface area contributed by atoms with Crippen molar-refractivity contribution in [2.75, 3.05) is 31.2 Å². The zero-order valence-corrected chi connectivity index (χ0v) is 27.0. The highest BCUT2D eigenvalue weighted by Gasteiger charge is 2.74. The van der Waals surface area contributed by atoms with Gasteiger partial charge in [0.1, 0.15) is 24.0 Å². The SMILES string of the molecule is C=CCN(Cn1nnc2ccccc21)C(=O)C1N([C@H](C)CO)C(=O)[C@@H]2[C@@H](C(=O)N(CC=C)c3ccc(OCC)cc3)[C@H]3CCC12S3. The summed E-state index contributed by atoms with van der Waals surface area (Å²) in [6, 6.07) is 13.4. The van der Waals surface area contributed by atoms with E-state index in [0.717, 1.165) is 5.52 Å². The van der Waals surface area contributed by atoms with Gasteiger partial charge in [-0.05, 0) is 63.1 Å². The predicted octanol–water partition coefficient (Wildman–Crippen LogP) is 3.49. The zero-order valence-electron chi connectivity index (χ0n) is 26.2. The number of aliphatic hydroxyl groups is 1. The molecule has 3 aromatic rings. The van der Waals surface area contributed by atoms with Gasteiger partial charge in [-0.1, -0.05) is 29.5 Å². The molecule has 2 aromatic carbocycles. The quantitative estimate of drug-likeness (QED) is 0.281. The number of amides is 3. The lowest BCUT2D eigenvalue weighted by molar-refractivity contribution is -0.146. The second-order valence-electron chi connectivity index (χ2n) is 12.1. The number of hydrogen-bond donors (Lipinski definition) is 1. The van der Waals surface area contributed by atoms with Crippen LogP contribution < -0.4 is 9.64 Å². The van der Waals surface area contributed by atoms with E-state index in [1.165, 1.54) is 0 Å². The third kappa shape index (κ3) is 5.17. The largest absolute Gasteiger partial charge is 0.494 e. The van der Waals surface area contributed by atoms with Crippen LogP contribution in [0.15, 0.2) is 73.8 Å². The lowest BCUT2D eigenvalue weighted by Crippen LogP contribution is -2.57. The molecule has 11 nitrogen and oxygen atoms in total. The van der Waals surface area contributed by atoms with Crippen molar-refractivity contribution in [2.45, 2.75) is 55.4 Å². The van der Waals surface area contributed by atoms with Crippen LogP contribution in [-0.2, 0) is 21.1 Å².